The first kappa shape index (κ1) is 9.27. The van der Waals surface area contributed by atoms with E-state index < -0.39 is 0 Å². The smallest absolute Gasteiger partial charge is 0.105 e. The summed E-state index contributed by atoms with van der Waals surface area (Å²) in [6.45, 7) is 0.903. The van der Waals surface area contributed by atoms with Crippen LogP contribution in [0.15, 0.2) is 0 Å². The van der Waals surface area contributed by atoms with E-state index in [0.29, 0.717) is 5.92 Å². The van der Waals surface area contributed by atoms with Crippen LogP contribution in [0.25, 0.3) is 0 Å². The van der Waals surface area contributed by atoms with E-state index >= 15 is 0 Å². The first-order chi connectivity index (χ1) is 4.92. The van der Waals surface area contributed by atoms with Gasteiger partial charge in [0.2, 0.25) is 0 Å². The molecule has 0 aromatic carbocycles. The Balaban J connectivity index is 0.000000605. The Kier molecular flexibility index (Phi) is 3.14. The van der Waals surface area contributed by atoms with Gasteiger partial charge in [0.25, 0.3) is 0 Å². The number of hydrogen-bond acceptors (Lipinski definition) is 1. The molecule has 0 aromatic heterocycles. The largest absolute Gasteiger partial charge is 0.311 e. The Hall–Kier alpha value is 0.180. The molecule has 1 nitrogen and oxygen atoms in total. The first-order valence-electron chi connectivity index (χ1n) is 4.21. The quantitative estimate of drug-likeness (QED) is 0.647. The maximum Gasteiger partial charge on any atom is 0.105 e. The molecule has 0 spiro atoms. The number of halogens is 2. The van der Waals surface area contributed by atoms with Crippen molar-refractivity contribution in [3.05, 3.63) is 0 Å². The summed E-state index contributed by atoms with van der Waals surface area (Å²) < 4.78 is 12.3. The minimum absolute atomic E-state index is 0. The average Bonchev–Trinajstić information content (AvgIpc) is 2.44. The van der Waals surface area contributed by atoms with Gasteiger partial charge in [-0.1, -0.05) is 6.42 Å². The van der Waals surface area contributed by atoms with Crippen molar-refractivity contribution in [1.82, 2.24) is 5.32 Å². The number of fused-ring (bicyclic) bond motifs is 1. The van der Waals surface area contributed by atoms with E-state index in [4.69, 9.17) is 0 Å². The van der Waals surface area contributed by atoms with Crippen molar-refractivity contribution in [2.75, 3.05) is 13.2 Å². The molecule has 3 unspecified atom stereocenters. The molecule has 66 valence electrons. The molecule has 3 heteroatoms. The highest BCUT2D eigenvalue weighted by atomic mass is 35.5. The van der Waals surface area contributed by atoms with Crippen LogP contribution in [-0.4, -0.2) is 19.3 Å². The van der Waals surface area contributed by atoms with Crippen molar-refractivity contribution < 1.29 is 4.39 Å². The highest BCUT2D eigenvalue weighted by Crippen LogP contribution is 2.37. The van der Waals surface area contributed by atoms with E-state index in [1.165, 1.54) is 19.3 Å². The molecular formula is C8H15ClFN. The molecule has 3 atom stereocenters. The lowest BCUT2D eigenvalue weighted by Crippen LogP contribution is -2.28. The SMILES string of the molecule is Cl.FCC1NCC2CCCC21. The lowest BCUT2D eigenvalue weighted by atomic mass is 9.95. The van der Waals surface area contributed by atoms with Gasteiger partial charge in [-0.25, -0.2) is 4.39 Å². The van der Waals surface area contributed by atoms with Crippen LogP contribution in [-0.2, 0) is 0 Å². The van der Waals surface area contributed by atoms with Gasteiger partial charge in [0.1, 0.15) is 6.67 Å². The number of hydrogen-bond donors (Lipinski definition) is 1. The van der Waals surface area contributed by atoms with Crippen molar-refractivity contribution >= 4 is 12.4 Å². The molecule has 1 heterocycles. The zero-order valence-corrected chi connectivity index (χ0v) is 7.37. The third-order valence-corrected chi connectivity index (χ3v) is 3.04. The van der Waals surface area contributed by atoms with Crippen molar-refractivity contribution in [2.24, 2.45) is 11.8 Å². The first-order valence-corrected chi connectivity index (χ1v) is 4.21. The normalized spacial score (nSPS) is 41.7. The molecule has 0 bridgehead atoms. The van der Waals surface area contributed by atoms with Gasteiger partial charge in [-0.3, -0.25) is 0 Å². The molecule has 1 N–H and O–H groups in total. The molecule has 1 saturated carbocycles. The molecule has 1 aliphatic carbocycles. The predicted molar refractivity (Wildman–Crippen MR) is 45.8 cm³/mol. The maximum atomic E-state index is 12.3. The van der Waals surface area contributed by atoms with Crippen LogP contribution >= 0.6 is 12.4 Å². The summed E-state index contributed by atoms with van der Waals surface area (Å²) in [4.78, 5) is 0. The summed E-state index contributed by atoms with van der Waals surface area (Å²) >= 11 is 0. The van der Waals surface area contributed by atoms with Gasteiger partial charge in [0.15, 0.2) is 0 Å². The van der Waals surface area contributed by atoms with Gasteiger partial charge < -0.3 is 5.32 Å². The number of rotatable bonds is 1. The summed E-state index contributed by atoms with van der Waals surface area (Å²) in [6, 6.07) is 0.201. The Labute approximate surface area is 73.2 Å². The van der Waals surface area contributed by atoms with Crippen LogP contribution in [0.2, 0.25) is 0 Å². The number of alkyl halides is 1. The fourth-order valence-corrected chi connectivity index (χ4v) is 2.47. The van der Waals surface area contributed by atoms with E-state index in [-0.39, 0.29) is 25.1 Å². The maximum absolute atomic E-state index is 12.3. The van der Waals surface area contributed by atoms with E-state index in [9.17, 15) is 4.39 Å². The van der Waals surface area contributed by atoms with Crippen molar-refractivity contribution in [3.8, 4) is 0 Å². The fourth-order valence-electron chi connectivity index (χ4n) is 2.47. The van der Waals surface area contributed by atoms with Gasteiger partial charge in [0.05, 0.1) is 0 Å². The minimum Gasteiger partial charge on any atom is -0.311 e. The molecular weight excluding hydrogens is 165 g/mol. The molecule has 0 amide bonds. The molecule has 11 heavy (non-hydrogen) atoms. The number of nitrogens with one attached hydrogen (secondary N) is 1. The summed E-state index contributed by atoms with van der Waals surface area (Å²) in [5, 5.41) is 3.23. The highest BCUT2D eigenvalue weighted by molar-refractivity contribution is 5.85. The van der Waals surface area contributed by atoms with Gasteiger partial charge >= 0.3 is 0 Å². The Morgan fingerprint density at radius 3 is 2.91 bits per heavy atom. The monoisotopic (exact) mass is 179 g/mol. The Bertz CT molecular complexity index is 131. The standard InChI is InChI=1S/C8H14FN.ClH/c9-4-8-7-3-1-2-6(7)5-10-8;/h6-8,10H,1-5H2;1H. The average molecular weight is 180 g/mol. The predicted octanol–water partition coefficient (Wildman–Crippen LogP) is 1.77. The minimum atomic E-state index is -0.166. The second-order valence-corrected chi connectivity index (χ2v) is 3.52. The highest BCUT2D eigenvalue weighted by Gasteiger charge is 2.38. The van der Waals surface area contributed by atoms with Crippen LogP contribution in [0, 0.1) is 11.8 Å². The van der Waals surface area contributed by atoms with E-state index in [2.05, 4.69) is 5.32 Å². The molecule has 1 saturated heterocycles. The summed E-state index contributed by atoms with van der Waals surface area (Å²) in [5.74, 6) is 1.48. The molecule has 0 aromatic rings. The lowest BCUT2D eigenvalue weighted by Gasteiger charge is -2.13. The van der Waals surface area contributed by atoms with Crippen LogP contribution in [0.3, 0.4) is 0 Å². The zero-order chi connectivity index (χ0) is 6.97. The topological polar surface area (TPSA) is 12.0 Å². The van der Waals surface area contributed by atoms with Crippen molar-refractivity contribution in [1.29, 1.82) is 0 Å². The summed E-state index contributed by atoms with van der Waals surface area (Å²) in [5.41, 5.74) is 0. The van der Waals surface area contributed by atoms with Gasteiger partial charge in [-0.05, 0) is 31.2 Å². The van der Waals surface area contributed by atoms with Crippen LogP contribution in [0.4, 0.5) is 4.39 Å². The van der Waals surface area contributed by atoms with Gasteiger partial charge in [-0.15, -0.1) is 12.4 Å². The third-order valence-electron chi connectivity index (χ3n) is 3.04. The van der Waals surface area contributed by atoms with Crippen molar-refractivity contribution in [3.63, 3.8) is 0 Å². The van der Waals surface area contributed by atoms with Crippen LogP contribution < -0.4 is 5.32 Å². The van der Waals surface area contributed by atoms with Crippen molar-refractivity contribution in [2.45, 2.75) is 25.3 Å². The molecule has 2 aliphatic rings. The van der Waals surface area contributed by atoms with E-state index in [1.54, 1.807) is 0 Å². The summed E-state index contributed by atoms with van der Waals surface area (Å²) in [6.07, 6.45) is 3.91. The molecule has 2 rings (SSSR count). The second-order valence-electron chi connectivity index (χ2n) is 3.52. The van der Waals surface area contributed by atoms with Crippen LogP contribution in [0.1, 0.15) is 19.3 Å². The van der Waals surface area contributed by atoms with Gasteiger partial charge in [0, 0.05) is 6.04 Å². The van der Waals surface area contributed by atoms with Gasteiger partial charge in [-0.2, -0.15) is 0 Å². The zero-order valence-electron chi connectivity index (χ0n) is 6.55. The van der Waals surface area contributed by atoms with E-state index in [0.717, 1.165) is 12.5 Å². The summed E-state index contributed by atoms with van der Waals surface area (Å²) in [7, 11) is 0. The fraction of sp³-hybridized carbons (Fsp3) is 1.00. The van der Waals surface area contributed by atoms with Crippen LogP contribution in [0.5, 0.6) is 0 Å². The van der Waals surface area contributed by atoms with E-state index in [1.807, 2.05) is 0 Å². The lowest BCUT2D eigenvalue weighted by molar-refractivity contribution is 0.328. The Morgan fingerprint density at radius 2 is 2.18 bits per heavy atom. The third kappa shape index (κ3) is 1.52. The molecule has 2 fully saturated rings. The second kappa shape index (κ2) is 3.72. The molecule has 0 radical (unpaired) electrons. The Morgan fingerprint density at radius 1 is 1.36 bits per heavy atom. The molecule has 1 aliphatic heterocycles.